The molecule has 1 rings (SSSR count). The minimum absolute atomic E-state index is 0.370. The molecule has 4 nitrogen and oxygen atoms in total. The molecule has 4 heteroatoms. The number of hydrogen-bond donors (Lipinski definition) is 1. The lowest BCUT2D eigenvalue weighted by Crippen LogP contribution is -2.26. The van der Waals surface area contributed by atoms with Gasteiger partial charge in [0.15, 0.2) is 0 Å². The fraction of sp³-hybridized carbons (Fsp3) is 0.417. The Balaban J connectivity index is 2.34. The summed E-state index contributed by atoms with van der Waals surface area (Å²) in [5, 5.41) is 2.67. The van der Waals surface area contributed by atoms with Crippen LogP contribution in [0.15, 0.2) is 24.3 Å². The normalized spacial score (nSPS) is 9.62. The number of nitrogens with one attached hydrogen (secondary N) is 1. The molecule has 1 N–H and O–H groups in total. The maximum absolute atomic E-state index is 11.0. The number of amides is 1. The zero-order chi connectivity index (χ0) is 11.8. The van der Waals surface area contributed by atoms with Crippen LogP contribution in [0.5, 0.6) is 5.75 Å². The highest BCUT2D eigenvalue weighted by molar-refractivity contribution is 5.67. The number of hydrogen-bond acceptors (Lipinski definition) is 3. The van der Waals surface area contributed by atoms with Gasteiger partial charge in [-0.05, 0) is 31.0 Å². The maximum atomic E-state index is 11.0. The molecule has 1 aromatic rings. The van der Waals surface area contributed by atoms with E-state index >= 15 is 0 Å². The van der Waals surface area contributed by atoms with Crippen LogP contribution in [0.3, 0.4) is 0 Å². The first-order valence-electron chi connectivity index (χ1n) is 5.29. The molecule has 0 aromatic heterocycles. The second kappa shape index (κ2) is 6.71. The van der Waals surface area contributed by atoms with Crippen LogP contribution < -0.4 is 10.1 Å². The first-order valence-corrected chi connectivity index (χ1v) is 5.29. The summed E-state index contributed by atoms with van der Waals surface area (Å²) in [5.74, 6) is 0.827. The summed E-state index contributed by atoms with van der Waals surface area (Å²) in [7, 11) is 1.63. The average Bonchev–Trinajstić information content (AvgIpc) is 2.30. The van der Waals surface area contributed by atoms with Gasteiger partial charge in [0.2, 0.25) is 0 Å². The van der Waals surface area contributed by atoms with Crippen molar-refractivity contribution in [3.8, 4) is 5.75 Å². The molecule has 0 aliphatic heterocycles. The second-order valence-corrected chi connectivity index (χ2v) is 3.25. The van der Waals surface area contributed by atoms with E-state index in [0.717, 1.165) is 17.7 Å². The summed E-state index contributed by atoms with van der Waals surface area (Å²) in [5.41, 5.74) is 1.12. The van der Waals surface area contributed by atoms with Crippen molar-refractivity contribution in [3.63, 3.8) is 0 Å². The monoisotopic (exact) mass is 223 g/mol. The molecule has 1 aromatic carbocycles. The molecule has 1 amide bonds. The Bertz CT molecular complexity index is 339. The summed E-state index contributed by atoms with van der Waals surface area (Å²) in [6.07, 6.45) is 0.390. The number of rotatable bonds is 5. The number of alkyl carbamates (subject to hydrolysis) is 1. The van der Waals surface area contributed by atoms with Crippen LogP contribution in [0.1, 0.15) is 12.5 Å². The molecule has 16 heavy (non-hydrogen) atoms. The number of carbonyl (C=O) groups is 1. The van der Waals surface area contributed by atoms with Gasteiger partial charge in [-0.1, -0.05) is 12.1 Å². The van der Waals surface area contributed by atoms with Crippen LogP contribution >= 0.6 is 0 Å². The molecule has 88 valence electrons. The Kier molecular flexibility index (Phi) is 5.19. The van der Waals surface area contributed by atoms with Crippen molar-refractivity contribution in [3.05, 3.63) is 29.8 Å². The fourth-order valence-electron chi connectivity index (χ4n) is 1.32. The molecule has 0 radical (unpaired) electrons. The van der Waals surface area contributed by atoms with Crippen molar-refractivity contribution in [2.75, 3.05) is 20.3 Å². The van der Waals surface area contributed by atoms with Gasteiger partial charge >= 0.3 is 6.09 Å². The summed E-state index contributed by atoms with van der Waals surface area (Å²) in [6, 6.07) is 7.77. The second-order valence-electron chi connectivity index (χ2n) is 3.25. The largest absolute Gasteiger partial charge is 0.497 e. The van der Waals surface area contributed by atoms with Crippen molar-refractivity contribution >= 4 is 6.09 Å². The maximum Gasteiger partial charge on any atom is 0.407 e. The molecule has 0 aliphatic carbocycles. The number of carbonyl (C=O) groups excluding carboxylic acids is 1. The van der Waals surface area contributed by atoms with E-state index in [1.807, 2.05) is 24.3 Å². The smallest absolute Gasteiger partial charge is 0.407 e. The molecule has 0 bridgehead atoms. The van der Waals surface area contributed by atoms with Crippen LogP contribution in [-0.4, -0.2) is 26.4 Å². The van der Waals surface area contributed by atoms with Crippen LogP contribution in [0.4, 0.5) is 4.79 Å². The average molecular weight is 223 g/mol. The van der Waals surface area contributed by atoms with Crippen molar-refractivity contribution in [2.45, 2.75) is 13.3 Å². The lowest BCUT2D eigenvalue weighted by molar-refractivity contribution is 0.152. The highest BCUT2D eigenvalue weighted by Crippen LogP contribution is 2.12. The van der Waals surface area contributed by atoms with E-state index in [1.165, 1.54) is 0 Å². The lowest BCUT2D eigenvalue weighted by Gasteiger charge is -2.06. The zero-order valence-corrected chi connectivity index (χ0v) is 9.66. The molecule has 0 heterocycles. The van der Waals surface area contributed by atoms with E-state index in [0.29, 0.717) is 13.2 Å². The van der Waals surface area contributed by atoms with Gasteiger partial charge < -0.3 is 14.8 Å². The summed E-state index contributed by atoms with van der Waals surface area (Å²) < 4.78 is 9.86. The third-order valence-electron chi connectivity index (χ3n) is 2.09. The number of benzene rings is 1. The third-order valence-corrected chi connectivity index (χ3v) is 2.09. The van der Waals surface area contributed by atoms with Crippen molar-refractivity contribution < 1.29 is 14.3 Å². The van der Waals surface area contributed by atoms with Gasteiger partial charge in [0, 0.05) is 6.54 Å². The molecular formula is C12H17NO3. The van der Waals surface area contributed by atoms with Gasteiger partial charge in [-0.25, -0.2) is 4.79 Å². The van der Waals surface area contributed by atoms with E-state index < -0.39 is 0 Å². The fourth-order valence-corrected chi connectivity index (χ4v) is 1.32. The molecule has 0 aliphatic rings. The molecule has 0 saturated carbocycles. The lowest BCUT2D eigenvalue weighted by atomic mass is 10.1. The SMILES string of the molecule is CCOC(=O)NCCc1cccc(OC)c1. The van der Waals surface area contributed by atoms with Gasteiger partial charge in [-0.15, -0.1) is 0 Å². The Morgan fingerprint density at radius 2 is 2.25 bits per heavy atom. The Morgan fingerprint density at radius 3 is 2.94 bits per heavy atom. The van der Waals surface area contributed by atoms with Gasteiger partial charge in [-0.3, -0.25) is 0 Å². The molecule has 0 atom stereocenters. The van der Waals surface area contributed by atoms with Gasteiger partial charge in [-0.2, -0.15) is 0 Å². The summed E-state index contributed by atoms with van der Waals surface area (Å²) in [6.45, 7) is 2.73. The minimum Gasteiger partial charge on any atom is -0.497 e. The minimum atomic E-state index is -0.370. The molecule has 0 spiro atoms. The van der Waals surface area contributed by atoms with E-state index in [2.05, 4.69) is 5.32 Å². The molecule has 0 fully saturated rings. The number of ether oxygens (including phenoxy) is 2. The van der Waals surface area contributed by atoms with Gasteiger partial charge in [0.25, 0.3) is 0 Å². The standard InChI is InChI=1S/C12H17NO3/c1-3-16-12(14)13-8-7-10-5-4-6-11(9-10)15-2/h4-6,9H,3,7-8H2,1-2H3,(H,13,14). The predicted molar refractivity (Wildman–Crippen MR) is 61.7 cm³/mol. The van der Waals surface area contributed by atoms with E-state index in [9.17, 15) is 4.79 Å². The van der Waals surface area contributed by atoms with Crippen LogP contribution in [0.2, 0.25) is 0 Å². The quantitative estimate of drug-likeness (QED) is 0.830. The van der Waals surface area contributed by atoms with E-state index in [4.69, 9.17) is 9.47 Å². The Morgan fingerprint density at radius 1 is 1.44 bits per heavy atom. The Hall–Kier alpha value is -1.71. The first-order chi connectivity index (χ1) is 7.76. The molecule has 0 saturated heterocycles. The highest BCUT2D eigenvalue weighted by Gasteiger charge is 2.00. The van der Waals surface area contributed by atoms with Crippen molar-refractivity contribution in [1.29, 1.82) is 0 Å². The topological polar surface area (TPSA) is 47.6 Å². The third kappa shape index (κ3) is 4.21. The van der Waals surface area contributed by atoms with Crippen LogP contribution in [0, 0.1) is 0 Å². The predicted octanol–water partition coefficient (Wildman–Crippen LogP) is 1.98. The first kappa shape index (κ1) is 12.4. The summed E-state index contributed by atoms with van der Waals surface area (Å²) in [4.78, 5) is 11.0. The van der Waals surface area contributed by atoms with Gasteiger partial charge in [0.05, 0.1) is 13.7 Å². The van der Waals surface area contributed by atoms with E-state index in [1.54, 1.807) is 14.0 Å². The van der Waals surface area contributed by atoms with Crippen molar-refractivity contribution in [2.24, 2.45) is 0 Å². The van der Waals surface area contributed by atoms with Gasteiger partial charge in [0.1, 0.15) is 5.75 Å². The van der Waals surface area contributed by atoms with Crippen molar-refractivity contribution in [1.82, 2.24) is 5.32 Å². The molecular weight excluding hydrogens is 206 g/mol. The summed E-state index contributed by atoms with van der Waals surface area (Å²) >= 11 is 0. The Labute approximate surface area is 95.6 Å². The highest BCUT2D eigenvalue weighted by atomic mass is 16.5. The zero-order valence-electron chi connectivity index (χ0n) is 9.66. The van der Waals surface area contributed by atoms with E-state index in [-0.39, 0.29) is 6.09 Å². The van der Waals surface area contributed by atoms with Crippen LogP contribution in [0.25, 0.3) is 0 Å². The van der Waals surface area contributed by atoms with Crippen LogP contribution in [-0.2, 0) is 11.2 Å². The molecule has 0 unspecified atom stereocenters. The number of methoxy groups -OCH3 is 1.